The summed E-state index contributed by atoms with van der Waals surface area (Å²) in [7, 11) is 0. The summed E-state index contributed by atoms with van der Waals surface area (Å²) < 4.78 is 30.1. The van der Waals surface area contributed by atoms with Crippen molar-refractivity contribution < 1.29 is 23.7 Å². The van der Waals surface area contributed by atoms with Gasteiger partial charge in [0.05, 0.1) is 0 Å². The first kappa shape index (κ1) is 18.8. The van der Waals surface area contributed by atoms with Crippen LogP contribution in [0.25, 0.3) is 5.57 Å². The summed E-state index contributed by atoms with van der Waals surface area (Å²) in [6.07, 6.45) is 7.21. The molecular formula is C19H17F2N3O3. The molecule has 8 heteroatoms. The van der Waals surface area contributed by atoms with E-state index in [1.165, 1.54) is 30.6 Å². The Morgan fingerprint density at radius 3 is 2.56 bits per heavy atom. The zero-order chi connectivity index (χ0) is 19.4. The quantitative estimate of drug-likeness (QED) is 0.723. The Morgan fingerprint density at radius 1 is 1.19 bits per heavy atom. The lowest BCUT2D eigenvalue weighted by atomic mass is 9.94. The number of benzene rings is 1. The van der Waals surface area contributed by atoms with Gasteiger partial charge < -0.3 is 20.4 Å². The third-order valence-electron chi connectivity index (χ3n) is 3.99. The van der Waals surface area contributed by atoms with Crippen LogP contribution >= 0.6 is 0 Å². The van der Waals surface area contributed by atoms with Crippen molar-refractivity contribution in [1.82, 2.24) is 9.97 Å². The van der Waals surface area contributed by atoms with Crippen LogP contribution in [-0.2, 0) is 6.61 Å². The highest BCUT2D eigenvalue weighted by atomic mass is 19.3. The molecule has 0 unspecified atom stereocenters. The van der Waals surface area contributed by atoms with E-state index in [9.17, 15) is 13.9 Å². The third kappa shape index (κ3) is 4.42. The average Bonchev–Trinajstić information content (AvgIpc) is 2.67. The van der Waals surface area contributed by atoms with Crippen LogP contribution in [0.5, 0.6) is 5.75 Å². The van der Waals surface area contributed by atoms with E-state index < -0.39 is 12.7 Å². The van der Waals surface area contributed by atoms with Gasteiger partial charge in [-0.05, 0) is 29.3 Å². The lowest BCUT2D eigenvalue weighted by molar-refractivity contribution is -0.0500. The molecule has 140 valence electrons. The normalized spacial score (nSPS) is 15.0. The van der Waals surface area contributed by atoms with Gasteiger partial charge in [0, 0.05) is 35.7 Å². The molecule has 0 radical (unpaired) electrons. The van der Waals surface area contributed by atoms with Crippen LogP contribution in [0.4, 0.5) is 8.78 Å². The number of rotatable bonds is 6. The van der Waals surface area contributed by atoms with E-state index in [1.54, 1.807) is 18.2 Å². The van der Waals surface area contributed by atoms with Crippen LogP contribution in [0.2, 0.25) is 0 Å². The van der Waals surface area contributed by atoms with Gasteiger partial charge in [0.1, 0.15) is 18.5 Å². The van der Waals surface area contributed by atoms with Crippen molar-refractivity contribution >= 4 is 11.3 Å². The molecule has 0 aliphatic heterocycles. The van der Waals surface area contributed by atoms with Crippen LogP contribution in [0.3, 0.4) is 0 Å². The molecule has 1 aromatic heterocycles. The number of nitrogens with zero attached hydrogens (tertiary/aromatic N) is 2. The maximum Gasteiger partial charge on any atom is 0.387 e. The first-order valence-corrected chi connectivity index (χ1v) is 8.12. The number of halogens is 2. The predicted octanol–water partition coefficient (Wildman–Crippen LogP) is 3.02. The van der Waals surface area contributed by atoms with Crippen molar-refractivity contribution in [3.8, 4) is 5.75 Å². The average molecular weight is 373 g/mol. The number of hydrogen-bond acceptors (Lipinski definition) is 6. The highest BCUT2D eigenvalue weighted by Crippen LogP contribution is 2.34. The predicted molar refractivity (Wildman–Crippen MR) is 94.6 cm³/mol. The Bertz CT molecular complexity index is 896. The molecule has 1 atom stereocenters. The summed E-state index contributed by atoms with van der Waals surface area (Å²) in [5.41, 5.74) is 2.05. The number of alkyl halides is 2. The van der Waals surface area contributed by atoms with Gasteiger partial charge in [-0.3, -0.25) is 0 Å². The molecule has 3 rings (SSSR count). The molecule has 3 N–H and O–H groups in total. The SMILES string of the molecule is N=C1C=C(c2cc([C@@H](O)c3cnc(CO)nc3)ccc2OC(F)F)C=CC1. The molecular weight excluding hydrogens is 356 g/mol. The van der Waals surface area contributed by atoms with Gasteiger partial charge in [-0.2, -0.15) is 8.78 Å². The van der Waals surface area contributed by atoms with Crippen molar-refractivity contribution in [3.05, 3.63) is 71.3 Å². The molecule has 0 bridgehead atoms. The second kappa shape index (κ2) is 8.15. The van der Waals surface area contributed by atoms with E-state index >= 15 is 0 Å². The van der Waals surface area contributed by atoms with Crippen LogP contribution < -0.4 is 4.74 Å². The van der Waals surface area contributed by atoms with Crippen molar-refractivity contribution in [3.63, 3.8) is 0 Å². The standard InChI is InChI=1S/C19H17F2N3O3/c20-19(21)27-16-5-4-12(7-15(16)11-2-1-3-14(22)6-11)18(26)13-8-23-17(10-25)24-9-13/h1-2,4-9,18-19,22,25-26H,3,10H2/t18-/m1/s1. The fourth-order valence-corrected chi connectivity index (χ4v) is 2.70. The molecule has 6 nitrogen and oxygen atoms in total. The number of aromatic nitrogens is 2. The van der Waals surface area contributed by atoms with E-state index in [2.05, 4.69) is 14.7 Å². The second-order valence-corrected chi connectivity index (χ2v) is 5.86. The van der Waals surface area contributed by atoms with Gasteiger partial charge >= 0.3 is 6.61 Å². The van der Waals surface area contributed by atoms with Gasteiger partial charge in [0.25, 0.3) is 0 Å². The number of hydrogen-bond donors (Lipinski definition) is 3. The van der Waals surface area contributed by atoms with Gasteiger partial charge in [0.15, 0.2) is 5.82 Å². The van der Waals surface area contributed by atoms with Gasteiger partial charge in [-0.1, -0.05) is 18.2 Å². The number of allylic oxidation sites excluding steroid dienone is 4. The summed E-state index contributed by atoms with van der Waals surface area (Å²) in [4.78, 5) is 7.85. The van der Waals surface area contributed by atoms with E-state index in [4.69, 9.17) is 10.5 Å². The Morgan fingerprint density at radius 2 is 1.93 bits per heavy atom. The number of aliphatic hydroxyl groups excluding tert-OH is 2. The molecule has 1 aliphatic carbocycles. The zero-order valence-corrected chi connectivity index (χ0v) is 14.1. The molecule has 0 spiro atoms. The van der Waals surface area contributed by atoms with E-state index in [0.29, 0.717) is 34.4 Å². The Kier molecular flexibility index (Phi) is 5.68. The highest BCUT2D eigenvalue weighted by Gasteiger charge is 2.18. The maximum absolute atomic E-state index is 12.8. The monoisotopic (exact) mass is 373 g/mol. The summed E-state index contributed by atoms with van der Waals surface area (Å²) in [5.74, 6) is 0.182. The zero-order valence-electron chi connectivity index (χ0n) is 14.1. The summed E-state index contributed by atoms with van der Waals surface area (Å²) in [5, 5.41) is 27.4. The smallest absolute Gasteiger partial charge is 0.387 e. The summed E-state index contributed by atoms with van der Waals surface area (Å²) in [6.45, 7) is -3.31. The maximum atomic E-state index is 12.8. The fraction of sp³-hybridized carbons (Fsp3) is 0.211. The van der Waals surface area contributed by atoms with Crippen LogP contribution in [0.1, 0.15) is 35.0 Å². The number of ether oxygens (including phenoxy) is 1. The van der Waals surface area contributed by atoms with Gasteiger partial charge in [-0.25, -0.2) is 9.97 Å². The highest BCUT2D eigenvalue weighted by molar-refractivity contribution is 6.04. The lowest BCUT2D eigenvalue weighted by Crippen LogP contribution is -2.08. The third-order valence-corrected chi connectivity index (χ3v) is 3.99. The Hall–Kier alpha value is -2.97. The topological polar surface area (TPSA) is 99.3 Å². The van der Waals surface area contributed by atoms with Crippen molar-refractivity contribution in [2.75, 3.05) is 0 Å². The van der Waals surface area contributed by atoms with Gasteiger partial charge in [0.2, 0.25) is 0 Å². The van der Waals surface area contributed by atoms with E-state index in [0.717, 1.165) is 0 Å². The molecule has 0 saturated heterocycles. The molecule has 1 aliphatic rings. The molecule has 27 heavy (non-hydrogen) atoms. The minimum atomic E-state index is -2.99. The molecule has 1 aromatic carbocycles. The van der Waals surface area contributed by atoms with E-state index in [1.807, 2.05) is 0 Å². The fourth-order valence-electron chi connectivity index (χ4n) is 2.70. The summed E-state index contributed by atoms with van der Waals surface area (Å²) in [6, 6.07) is 4.37. The van der Waals surface area contributed by atoms with Gasteiger partial charge in [-0.15, -0.1) is 0 Å². The lowest BCUT2D eigenvalue weighted by Gasteiger charge is -2.17. The first-order valence-electron chi connectivity index (χ1n) is 8.12. The molecule has 0 saturated carbocycles. The van der Waals surface area contributed by atoms with Crippen LogP contribution in [-0.4, -0.2) is 32.5 Å². The number of aliphatic hydroxyl groups is 2. The van der Waals surface area contributed by atoms with Crippen LogP contribution in [0, 0.1) is 5.41 Å². The van der Waals surface area contributed by atoms with Crippen molar-refractivity contribution in [1.29, 1.82) is 5.41 Å². The molecule has 2 aromatic rings. The largest absolute Gasteiger partial charge is 0.434 e. The van der Waals surface area contributed by atoms with Crippen molar-refractivity contribution in [2.24, 2.45) is 0 Å². The first-order chi connectivity index (χ1) is 13.0. The molecule has 0 fully saturated rings. The van der Waals surface area contributed by atoms with Crippen molar-refractivity contribution in [2.45, 2.75) is 25.7 Å². The van der Waals surface area contributed by atoms with Crippen LogP contribution in [0.15, 0.2) is 48.8 Å². The minimum absolute atomic E-state index is 0.0431. The molecule has 1 heterocycles. The molecule has 0 amide bonds. The van der Waals surface area contributed by atoms with E-state index in [-0.39, 0.29) is 18.2 Å². The Balaban J connectivity index is 2.00. The Labute approximate surface area is 154 Å². The minimum Gasteiger partial charge on any atom is -0.434 e. The number of nitrogens with one attached hydrogen (secondary N) is 1. The summed E-state index contributed by atoms with van der Waals surface area (Å²) >= 11 is 0. The second-order valence-electron chi connectivity index (χ2n) is 5.86.